The fraction of sp³-hybridized carbons (Fsp3) is 0.318. The van der Waals surface area contributed by atoms with Crippen LogP contribution in [0.1, 0.15) is 41.1 Å². The second-order valence-corrected chi connectivity index (χ2v) is 7.72. The fourth-order valence-corrected chi connectivity index (χ4v) is 3.59. The molecule has 0 aliphatic carbocycles. The van der Waals surface area contributed by atoms with Gasteiger partial charge in [-0.15, -0.1) is 0 Å². The molecule has 0 radical (unpaired) electrons. The topological polar surface area (TPSA) is 196 Å². The molecule has 12 heteroatoms. The average Bonchev–Trinajstić information content (AvgIpc) is 3.43. The summed E-state index contributed by atoms with van der Waals surface area (Å²) in [6, 6.07) is 6.93. The lowest BCUT2D eigenvalue weighted by Crippen LogP contribution is -2.49. The number of benzene rings is 1. The van der Waals surface area contributed by atoms with Crippen LogP contribution in [0, 0.1) is 5.41 Å². The summed E-state index contributed by atoms with van der Waals surface area (Å²) in [5, 5.41) is 27.6. The van der Waals surface area contributed by atoms with Gasteiger partial charge in [-0.3, -0.25) is 19.9 Å². The zero-order valence-corrected chi connectivity index (χ0v) is 18.0. The number of furan rings is 1. The second kappa shape index (κ2) is 10.6. The smallest absolute Gasteiger partial charge is 0.379 e. The molecule has 1 aliphatic heterocycles. The Bertz CT molecular complexity index is 1090. The molecule has 3 rings (SSSR count). The number of amidine groups is 1. The first-order valence-corrected chi connectivity index (χ1v) is 10.4. The molecule has 0 bridgehead atoms. The van der Waals surface area contributed by atoms with Crippen LogP contribution in [0.25, 0.3) is 0 Å². The van der Waals surface area contributed by atoms with E-state index in [1.165, 1.54) is 18.2 Å². The normalized spacial score (nSPS) is 16.5. The van der Waals surface area contributed by atoms with Gasteiger partial charge in [0.2, 0.25) is 11.7 Å². The Hall–Kier alpha value is -4.19. The molecule has 2 aromatic rings. The van der Waals surface area contributed by atoms with Crippen LogP contribution in [0.2, 0.25) is 0 Å². The number of carbonyl (C=O) groups excluding carboxylic acids is 2. The van der Waals surface area contributed by atoms with Crippen LogP contribution in [0.5, 0.6) is 5.75 Å². The molecule has 0 saturated carbocycles. The highest BCUT2D eigenvalue weighted by Crippen LogP contribution is 2.22. The van der Waals surface area contributed by atoms with E-state index in [1.54, 1.807) is 23.1 Å². The lowest BCUT2D eigenvalue weighted by atomic mass is 10.1. The Morgan fingerprint density at radius 3 is 2.50 bits per heavy atom. The number of amides is 1. The molecular formula is C22H24N4O8. The molecule has 0 spiro atoms. The Kier molecular flexibility index (Phi) is 7.64. The number of likely N-dealkylation sites (tertiary alicyclic amines) is 1. The monoisotopic (exact) mass is 472 g/mol. The van der Waals surface area contributed by atoms with Crippen molar-refractivity contribution in [1.82, 2.24) is 10.2 Å². The van der Waals surface area contributed by atoms with Crippen LogP contribution in [-0.4, -0.2) is 63.4 Å². The van der Waals surface area contributed by atoms with Gasteiger partial charge in [-0.05, 0) is 55.8 Å². The zero-order chi connectivity index (χ0) is 24.8. The van der Waals surface area contributed by atoms with E-state index in [0.29, 0.717) is 30.7 Å². The number of nitrogens with zero attached hydrogens (tertiary/aromatic N) is 1. The van der Waals surface area contributed by atoms with E-state index >= 15 is 0 Å². The summed E-state index contributed by atoms with van der Waals surface area (Å²) in [7, 11) is 0. The van der Waals surface area contributed by atoms with Crippen LogP contribution >= 0.6 is 0 Å². The van der Waals surface area contributed by atoms with Crippen LogP contribution in [0.3, 0.4) is 0 Å². The van der Waals surface area contributed by atoms with Gasteiger partial charge in [0.15, 0.2) is 0 Å². The van der Waals surface area contributed by atoms with E-state index in [4.69, 9.17) is 30.5 Å². The molecule has 6 N–H and O–H groups in total. The van der Waals surface area contributed by atoms with Crippen molar-refractivity contribution >= 4 is 29.7 Å². The number of esters is 1. The Morgan fingerprint density at radius 2 is 1.88 bits per heavy atom. The highest BCUT2D eigenvalue weighted by atomic mass is 16.5. The zero-order valence-electron chi connectivity index (χ0n) is 18.0. The minimum atomic E-state index is -1.53. The molecule has 1 aromatic heterocycles. The average molecular weight is 472 g/mol. The van der Waals surface area contributed by atoms with Crippen molar-refractivity contribution in [3.8, 4) is 5.75 Å². The summed E-state index contributed by atoms with van der Waals surface area (Å²) >= 11 is 0. The van der Waals surface area contributed by atoms with Gasteiger partial charge >= 0.3 is 17.9 Å². The van der Waals surface area contributed by atoms with E-state index in [1.807, 2.05) is 0 Å². The van der Waals surface area contributed by atoms with E-state index in [-0.39, 0.29) is 23.9 Å². The second-order valence-electron chi connectivity index (χ2n) is 7.72. The lowest BCUT2D eigenvalue weighted by molar-refractivity contribution is -0.147. The molecule has 2 heterocycles. The molecule has 1 amide bonds. The Balaban J connectivity index is 1.60. The predicted octanol–water partition coefficient (Wildman–Crippen LogP) is 0.791. The number of aliphatic carboxylic acids is 2. The van der Waals surface area contributed by atoms with Crippen molar-refractivity contribution in [2.75, 3.05) is 6.54 Å². The minimum Gasteiger partial charge on any atom is -0.481 e. The molecular weight excluding hydrogens is 448 g/mol. The van der Waals surface area contributed by atoms with Crippen LogP contribution in [0.15, 0.2) is 40.8 Å². The highest BCUT2D eigenvalue weighted by molar-refractivity contribution is 5.95. The lowest BCUT2D eigenvalue weighted by Gasteiger charge is -2.24. The first kappa shape index (κ1) is 24.5. The first-order valence-electron chi connectivity index (χ1n) is 10.4. The number of rotatable bonds is 10. The summed E-state index contributed by atoms with van der Waals surface area (Å²) in [5.41, 5.74) is 5.88. The van der Waals surface area contributed by atoms with E-state index in [2.05, 4.69) is 5.32 Å². The molecule has 34 heavy (non-hydrogen) atoms. The SMILES string of the molecule is N=C(N)c1ccc(OC(=O)c2ccc(CN3CCC[C@@H]3C(=O)N[C@@H](CC(=O)O)C(=O)O)o2)cc1. The molecule has 1 saturated heterocycles. The third-order valence-electron chi connectivity index (χ3n) is 5.26. The maximum absolute atomic E-state index is 12.6. The van der Waals surface area contributed by atoms with Crippen LogP contribution in [0.4, 0.5) is 0 Å². The number of carboxylic acids is 2. The quantitative estimate of drug-likeness (QED) is 0.143. The van der Waals surface area contributed by atoms with Crippen LogP contribution in [-0.2, 0) is 20.9 Å². The molecule has 1 aliphatic rings. The number of ether oxygens (including phenoxy) is 1. The fourth-order valence-electron chi connectivity index (χ4n) is 3.59. The van der Waals surface area contributed by atoms with Crippen molar-refractivity contribution in [3.63, 3.8) is 0 Å². The molecule has 12 nitrogen and oxygen atoms in total. The molecule has 1 fully saturated rings. The minimum absolute atomic E-state index is 0.0433. The van der Waals surface area contributed by atoms with Gasteiger partial charge in [0, 0.05) is 5.56 Å². The van der Waals surface area contributed by atoms with Gasteiger partial charge < -0.3 is 30.4 Å². The van der Waals surface area contributed by atoms with E-state index in [0.717, 1.165) is 0 Å². The third-order valence-corrected chi connectivity index (χ3v) is 5.26. The van der Waals surface area contributed by atoms with Gasteiger partial charge in [-0.1, -0.05) is 0 Å². The highest BCUT2D eigenvalue weighted by Gasteiger charge is 2.34. The maximum atomic E-state index is 12.6. The summed E-state index contributed by atoms with van der Waals surface area (Å²) in [6.45, 7) is 0.729. The Labute approximate surface area is 193 Å². The summed E-state index contributed by atoms with van der Waals surface area (Å²) < 4.78 is 10.8. The van der Waals surface area contributed by atoms with Crippen molar-refractivity contribution in [2.24, 2.45) is 5.73 Å². The van der Waals surface area contributed by atoms with Gasteiger partial charge in [0.05, 0.1) is 19.0 Å². The number of carbonyl (C=O) groups is 4. The first-order chi connectivity index (χ1) is 16.1. The van der Waals surface area contributed by atoms with Crippen LogP contribution < -0.4 is 15.8 Å². The van der Waals surface area contributed by atoms with Crippen molar-refractivity contribution in [3.05, 3.63) is 53.5 Å². The summed E-state index contributed by atoms with van der Waals surface area (Å²) in [5.74, 6) is -3.56. The molecule has 0 unspecified atom stereocenters. The number of carboxylic acid groups (broad SMARTS) is 2. The largest absolute Gasteiger partial charge is 0.481 e. The maximum Gasteiger partial charge on any atom is 0.379 e. The Morgan fingerprint density at radius 1 is 1.18 bits per heavy atom. The molecule has 180 valence electrons. The van der Waals surface area contributed by atoms with Crippen molar-refractivity contribution in [2.45, 2.75) is 37.9 Å². The van der Waals surface area contributed by atoms with Gasteiger partial charge in [0.25, 0.3) is 0 Å². The predicted molar refractivity (Wildman–Crippen MR) is 116 cm³/mol. The standard InChI is InChI=1S/C22H24N4O8/c23-19(24)12-3-5-13(6-4-12)34-22(32)17-8-7-14(33-17)11-26-9-1-2-16(26)20(29)25-15(21(30)31)10-18(27)28/h3-8,15-16H,1-2,9-11H2,(H3,23,24)(H,25,29)(H,27,28)(H,30,31)/t15-,16+/m0/s1. The number of nitrogens with two attached hydrogens (primary N) is 1. The van der Waals surface area contributed by atoms with Gasteiger partial charge in [-0.2, -0.15) is 0 Å². The van der Waals surface area contributed by atoms with Gasteiger partial charge in [0.1, 0.15) is 23.4 Å². The number of nitrogen functional groups attached to an aromatic ring is 1. The van der Waals surface area contributed by atoms with E-state index < -0.39 is 42.3 Å². The van der Waals surface area contributed by atoms with Crippen molar-refractivity contribution in [1.29, 1.82) is 5.41 Å². The molecule has 1 aromatic carbocycles. The molecule has 2 atom stereocenters. The number of hydrogen-bond acceptors (Lipinski definition) is 8. The summed E-state index contributed by atoms with van der Waals surface area (Å²) in [4.78, 5) is 48.8. The number of hydrogen-bond donors (Lipinski definition) is 5. The van der Waals surface area contributed by atoms with Gasteiger partial charge in [-0.25, -0.2) is 9.59 Å². The summed E-state index contributed by atoms with van der Waals surface area (Å²) in [6.07, 6.45) is 0.423. The van der Waals surface area contributed by atoms with Crippen molar-refractivity contribution < 1.29 is 38.5 Å². The van der Waals surface area contributed by atoms with E-state index in [9.17, 15) is 19.2 Å². The number of nitrogens with one attached hydrogen (secondary N) is 2. The third kappa shape index (κ3) is 6.19.